The van der Waals surface area contributed by atoms with E-state index in [0.29, 0.717) is 17.9 Å². The second-order valence-corrected chi connectivity index (χ2v) is 6.33. The molecule has 9 nitrogen and oxygen atoms in total. The summed E-state index contributed by atoms with van der Waals surface area (Å²) in [6, 6.07) is 4.80. The van der Waals surface area contributed by atoms with Crippen LogP contribution in [-0.4, -0.2) is 32.8 Å². The van der Waals surface area contributed by atoms with E-state index in [-0.39, 0.29) is 17.4 Å². The van der Waals surface area contributed by atoms with Gasteiger partial charge in [-0.25, -0.2) is 5.43 Å². The quantitative estimate of drug-likeness (QED) is 0.421. The van der Waals surface area contributed by atoms with Crippen molar-refractivity contribution in [3.8, 4) is 11.5 Å². The van der Waals surface area contributed by atoms with Crippen LogP contribution in [0.3, 0.4) is 0 Å². The first-order valence-electron chi connectivity index (χ1n) is 7.74. The molecule has 134 valence electrons. The molecule has 0 saturated heterocycles. The maximum Gasteiger partial charge on any atom is 0.295 e. The Hall–Kier alpha value is -3.10. The fourth-order valence-electron chi connectivity index (χ4n) is 1.99. The Morgan fingerprint density at radius 2 is 2.12 bits per heavy atom. The van der Waals surface area contributed by atoms with Gasteiger partial charge in [0.2, 0.25) is 0 Å². The molecular formula is C16H22N6O3. The van der Waals surface area contributed by atoms with Gasteiger partial charge in [-0.2, -0.15) is 9.78 Å². The van der Waals surface area contributed by atoms with Crippen LogP contribution in [0.5, 0.6) is 11.5 Å². The summed E-state index contributed by atoms with van der Waals surface area (Å²) in [5.74, 6) is 6.17. The molecule has 4 N–H and O–H groups in total. The summed E-state index contributed by atoms with van der Waals surface area (Å²) in [6.07, 6.45) is 1.48. The predicted molar refractivity (Wildman–Crippen MR) is 95.6 cm³/mol. The maximum absolute atomic E-state index is 12.2. The van der Waals surface area contributed by atoms with Gasteiger partial charge < -0.3 is 15.7 Å². The van der Waals surface area contributed by atoms with E-state index in [1.807, 2.05) is 27.7 Å². The minimum atomic E-state index is -0.464. The SMILES string of the molecule is CCOc1cc(/C=N/Nc2nnc(C(C)(C)C)c(=O)n2N)ccc1O. The number of hydrogen-bond acceptors (Lipinski definition) is 8. The van der Waals surface area contributed by atoms with Crippen LogP contribution in [0.1, 0.15) is 39.0 Å². The molecule has 1 aromatic heterocycles. The van der Waals surface area contributed by atoms with Crippen molar-refractivity contribution in [2.75, 3.05) is 17.9 Å². The maximum atomic E-state index is 12.2. The van der Waals surface area contributed by atoms with Gasteiger partial charge in [0.1, 0.15) is 5.69 Å². The van der Waals surface area contributed by atoms with Crippen LogP contribution in [-0.2, 0) is 5.41 Å². The Morgan fingerprint density at radius 3 is 2.76 bits per heavy atom. The standard InChI is InChI=1S/C16H22N6O3/c1-5-25-12-8-10(6-7-11(12)23)9-18-20-15-21-19-13(16(2,3)4)14(24)22(15)17/h6-9,23H,5,17H2,1-4H3,(H,20,21)/b18-9+. The number of nitrogen functional groups attached to an aromatic ring is 1. The number of benzene rings is 1. The van der Waals surface area contributed by atoms with Crippen molar-refractivity contribution >= 4 is 12.2 Å². The highest BCUT2D eigenvalue weighted by atomic mass is 16.5. The zero-order valence-corrected chi connectivity index (χ0v) is 14.6. The number of nitrogens with two attached hydrogens (primary N) is 1. The lowest BCUT2D eigenvalue weighted by atomic mass is 9.93. The first-order valence-corrected chi connectivity index (χ1v) is 7.74. The van der Waals surface area contributed by atoms with Crippen molar-refractivity contribution < 1.29 is 9.84 Å². The Balaban J connectivity index is 2.19. The van der Waals surface area contributed by atoms with E-state index in [1.54, 1.807) is 12.1 Å². The number of phenolic OH excluding ortho intramolecular Hbond substituents is 1. The first kappa shape index (κ1) is 18.2. The zero-order chi connectivity index (χ0) is 18.6. The third kappa shape index (κ3) is 4.25. The molecule has 0 radical (unpaired) electrons. The molecule has 0 unspecified atom stereocenters. The van der Waals surface area contributed by atoms with Gasteiger partial charge in [0.15, 0.2) is 11.5 Å². The lowest BCUT2D eigenvalue weighted by Gasteiger charge is -2.16. The summed E-state index contributed by atoms with van der Waals surface area (Å²) < 4.78 is 6.17. The summed E-state index contributed by atoms with van der Waals surface area (Å²) in [6.45, 7) is 7.81. The van der Waals surface area contributed by atoms with Crippen molar-refractivity contribution in [1.82, 2.24) is 14.9 Å². The molecule has 1 aromatic carbocycles. The Kier molecular flexibility index (Phi) is 5.26. The molecule has 2 rings (SSSR count). The second-order valence-electron chi connectivity index (χ2n) is 6.33. The van der Waals surface area contributed by atoms with E-state index in [4.69, 9.17) is 10.6 Å². The summed E-state index contributed by atoms with van der Waals surface area (Å²) in [5.41, 5.74) is 2.62. The lowest BCUT2D eigenvalue weighted by Crippen LogP contribution is -2.38. The predicted octanol–water partition coefficient (Wildman–Crippen LogP) is 1.20. The number of anilines is 1. The molecule has 1 heterocycles. The number of nitrogens with one attached hydrogen (secondary N) is 1. The molecule has 0 aliphatic carbocycles. The minimum Gasteiger partial charge on any atom is -0.504 e. The minimum absolute atomic E-state index is 0.0121. The van der Waals surface area contributed by atoms with Crippen molar-refractivity contribution in [3.05, 3.63) is 39.8 Å². The van der Waals surface area contributed by atoms with Gasteiger partial charge in [-0.05, 0) is 30.7 Å². The molecule has 0 aliphatic rings. The molecule has 0 atom stereocenters. The molecule has 0 amide bonds. The summed E-state index contributed by atoms with van der Waals surface area (Å²) in [4.78, 5) is 12.2. The molecule has 0 aliphatic heterocycles. The molecule has 0 spiro atoms. The molecule has 0 bridgehead atoms. The molecule has 2 aromatic rings. The number of hydrazone groups is 1. The van der Waals surface area contributed by atoms with Crippen molar-refractivity contribution in [3.63, 3.8) is 0 Å². The zero-order valence-electron chi connectivity index (χ0n) is 14.6. The van der Waals surface area contributed by atoms with Gasteiger partial charge in [-0.15, -0.1) is 10.2 Å². The van der Waals surface area contributed by atoms with E-state index in [2.05, 4.69) is 20.7 Å². The number of phenols is 1. The topological polar surface area (TPSA) is 128 Å². The molecular weight excluding hydrogens is 324 g/mol. The van der Waals surface area contributed by atoms with E-state index in [9.17, 15) is 9.90 Å². The largest absolute Gasteiger partial charge is 0.504 e. The average molecular weight is 346 g/mol. The number of nitrogens with zero attached hydrogens (tertiary/aromatic N) is 4. The van der Waals surface area contributed by atoms with Gasteiger partial charge in [0.05, 0.1) is 12.8 Å². The second kappa shape index (κ2) is 7.20. The van der Waals surface area contributed by atoms with Gasteiger partial charge in [-0.3, -0.25) is 4.79 Å². The third-order valence-electron chi connectivity index (χ3n) is 3.27. The summed E-state index contributed by atoms with van der Waals surface area (Å²) in [5, 5.41) is 21.5. The molecule has 0 fully saturated rings. The van der Waals surface area contributed by atoms with Gasteiger partial charge >= 0.3 is 0 Å². The van der Waals surface area contributed by atoms with Gasteiger partial charge in [-0.1, -0.05) is 20.8 Å². The van der Waals surface area contributed by atoms with Crippen LogP contribution in [0.2, 0.25) is 0 Å². The molecule has 25 heavy (non-hydrogen) atoms. The lowest BCUT2D eigenvalue weighted by molar-refractivity contribution is 0.318. The van der Waals surface area contributed by atoms with Crippen LogP contribution < -0.4 is 21.6 Å². The van der Waals surface area contributed by atoms with Gasteiger partial charge in [0, 0.05) is 5.41 Å². The third-order valence-corrected chi connectivity index (χ3v) is 3.27. The highest BCUT2D eigenvalue weighted by Gasteiger charge is 2.22. The molecule has 9 heteroatoms. The van der Waals surface area contributed by atoms with Crippen LogP contribution >= 0.6 is 0 Å². The van der Waals surface area contributed by atoms with E-state index < -0.39 is 11.0 Å². The van der Waals surface area contributed by atoms with Gasteiger partial charge in [0.25, 0.3) is 11.5 Å². The fourth-order valence-corrected chi connectivity index (χ4v) is 1.99. The van der Waals surface area contributed by atoms with Crippen molar-refractivity contribution in [1.29, 1.82) is 0 Å². The molecule has 0 saturated carbocycles. The Bertz CT molecular complexity index is 839. The van der Waals surface area contributed by atoms with E-state index >= 15 is 0 Å². The average Bonchev–Trinajstić information content (AvgIpc) is 2.53. The number of aromatic hydroxyl groups is 1. The Labute approximate surface area is 145 Å². The number of hydrogen-bond donors (Lipinski definition) is 3. The number of aromatic nitrogens is 3. The highest BCUT2D eigenvalue weighted by Crippen LogP contribution is 2.26. The first-order chi connectivity index (χ1) is 11.7. The summed E-state index contributed by atoms with van der Waals surface area (Å²) >= 11 is 0. The van der Waals surface area contributed by atoms with Crippen LogP contribution in [0.15, 0.2) is 28.1 Å². The van der Waals surface area contributed by atoms with Crippen LogP contribution in [0.4, 0.5) is 5.95 Å². The van der Waals surface area contributed by atoms with Crippen LogP contribution in [0, 0.1) is 0 Å². The van der Waals surface area contributed by atoms with E-state index in [1.165, 1.54) is 12.3 Å². The number of rotatable bonds is 5. The normalized spacial score (nSPS) is 11.7. The highest BCUT2D eigenvalue weighted by molar-refractivity contribution is 5.81. The Morgan fingerprint density at radius 1 is 1.40 bits per heavy atom. The monoisotopic (exact) mass is 346 g/mol. The van der Waals surface area contributed by atoms with Crippen LogP contribution in [0.25, 0.3) is 0 Å². The smallest absolute Gasteiger partial charge is 0.295 e. The van der Waals surface area contributed by atoms with E-state index in [0.717, 1.165) is 4.68 Å². The number of ether oxygens (including phenoxy) is 1. The fraction of sp³-hybridized carbons (Fsp3) is 0.375. The van der Waals surface area contributed by atoms with Crippen molar-refractivity contribution in [2.24, 2.45) is 5.10 Å². The summed E-state index contributed by atoms with van der Waals surface area (Å²) in [7, 11) is 0. The van der Waals surface area contributed by atoms with Crippen molar-refractivity contribution in [2.45, 2.75) is 33.1 Å².